The highest BCUT2D eigenvalue weighted by Gasteiger charge is 2.22. The van der Waals surface area contributed by atoms with Crippen LogP contribution < -0.4 is 4.72 Å². The van der Waals surface area contributed by atoms with Gasteiger partial charge in [0.05, 0.1) is 28.4 Å². The van der Waals surface area contributed by atoms with Crippen LogP contribution in [0.5, 0.6) is 0 Å². The number of nitrogens with zero attached hydrogens (tertiary/aromatic N) is 3. The number of aromatic nitrogens is 1. The Labute approximate surface area is 159 Å². The van der Waals surface area contributed by atoms with Crippen molar-refractivity contribution in [3.05, 3.63) is 41.7 Å². The van der Waals surface area contributed by atoms with Crippen molar-refractivity contribution in [3.63, 3.8) is 0 Å². The summed E-state index contributed by atoms with van der Waals surface area (Å²) in [6, 6.07) is 9.88. The van der Waals surface area contributed by atoms with Crippen LogP contribution in [0.15, 0.2) is 36.0 Å². The molecule has 24 heavy (non-hydrogen) atoms. The topological polar surface area (TPSA) is 61.1 Å². The van der Waals surface area contributed by atoms with E-state index < -0.39 is 0 Å². The van der Waals surface area contributed by atoms with Crippen LogP contribution in [0.3, 0.4) is 0 Å². The van der Waals surface area contributed by atoms with Crippen molar-refractivity contribution < 1.29 is 4.79 Å². The van der Waals surface area contributed by atoms with E-state index in [-0.39, 0.29) is 11.4 Å². The average molecular weight is 452 g/mol. The zero-order valence-corrected chi connectivity index (χ0v) is 16.4. The summed E-state index contributed by atoms with van der Waals surface area (Å²) < 4.78 is 5.19. The highest BCUT2D eigenvalue weighted by molar-refractivity contribution is 14.1. The van der Waals surface area contributed by atoms with Crippen molar-refractivity contribution in [1.29, 1.82) is 5.26 Å². The van der Waals surface area contributed by atoms with Crippen LogP contribution in [0.25, 0.3) is 10.9 Å². The number of hydrogen-bond acceptors (Lipinski definition) is 5. The molecule has 0 aliphatic heterocycles. The Kier molecular flexibility index (Phi) is 5.06. The first kappa shape index (κ1) is 17.2. The van der Waals surface area contributed by atoms with E-state index >= 15 is 0 Å². The molecule has 0 saturated heterocycles. The number of hydrogen-bond donors (Lipinski definition) is 1. The van der Waals surface area contributed by atoms with E-state index in [1.807, 2.05) is 33.1 Å². The Morgan fingerprint density at radius 3 is 2.83 bits per heavy atom. The molecule has 7 heteroatoms. The van der Waals surface area contributed by atoms with Crippen molar-refractivity contribution in [2.24, 2.45) is 0 Å². The standard InChI is InChI=1S/C17H17IN4OS/c1-21(2)10-12(9-19)17(23)16-7-11-3-4-13(8-15(11)22(16)18)20-24-14-5-6-14/h3-4,7-8,10,14,20H,5-6H2,1-2H3/b12-10+. The average Bonchev–Trinajstić information content (AvgIpc) is 3.34. The zero-order valence-electron chi connectivity index (χ0n) is 13.4. The fourth-order valence-corrected chi connectivity index (χ4v) is 3.84. The maximum Gasteiger partial charge on any atom is 0.222 e. The lowest BCUT2D eigenvalue weighted by Crippen LogP contribution is -2.10. The first-order valence-electron chi connectivity index (χ1n) is 7.56. The Morgan fingerprint density at radius 2 is 2.21 bits per heavy atom. The van der Waals surface area contributed by atoms with Gasteiger partial charge in [0.15, 0.2) is 0 Å². The number of nitriles is 1. The van der Waals surface area contributed by atoms with Crippen LogP contribution in [0.1, 0.15) is 23.3 Å². The molecular weight excluding hydrogens is 435 g/mol. The maximum atomic E-state index is 12.6. The second-order valence-electron chi connectivity index (χ2n) is 5.95. The van der Waals surface area contributed by atoms with Crippen LogP contribution >= 0.6 is 34.8 Å². The molecule has 5 nitrogen and oxygen atoms in total. The SMILES string of the molecule is CN(C)/C=C(\C#N)C(=O)c1cc2ccc(NSC3CC3)cc2n1I. The molecule has 2 aromatic rings. The number of fused-ring (bicyclic) bond motifs is 1. The van der Waals surface area contributed by atoms with Gasteiger partial charge in [-0.15, -0.1) is 0 Å². The molecular formula is C17H17IN4OS. The first-order chi connectivity index (χ1) is 11.5. The van der Waals surface area contributed by atoms with E-state index in [4.69, 9.17) is 0 Å². The van der Waals surface area contributed by atoms with Gasteiger partial charge in [0.25, 0.3) is 0 Å². The van der Waals surface area contributed by atoms with Crippen LogP contribution in [0.2, 0.25) is 0 Å². The van der Waals surface area contributed by atoms with Gasteiger partial charge in [0.1, 0.15) is 17.3 Å². The molecule has 1 aromatic carbocycles. The van der Waals surface area contributed by atoms with Gasteiger partial charge < -0.3 is 9.62 Å². The van der Waals surface area contributed by atoms with Crippen LogP contribution in [0, 0.1) is 11.3 Å². The van der Waals surface area contributed by atoms with Gasteiger partial charge in [-0.3, -0.25) is 7.58 Å². The second-order valence-corrected chi connectivity index (χ2v) is 8.02. The van der Waals surface area contributed by atoms with Crippen molar-refractivity contribution in [3.8, 4) is 6.07 Å². The largest absolute Gasteiger partial charge is 0.382 e. The predicted octanol–water partition coefficient (Wildman–Crippen LogP) is 4.21. The lowest BCUT2D eigenvalue weighted by Gasteiger charge is -2.07. The Morgan fingerprint density at radius 1 is 1.46 bits per heavy atom. The molecule has 0 radical (unpaired) electrons. The van der Waals surface area contributed by atoms with Gasteiger partial charge in [-0.05, 0) is 43.0 Å². The van der Waals surface area contributed by atoms with Gasteiger partial charge in [-0.2, -0.15) is 5.26 Å². The van der Waals surface area contributed by atoms with E-state index in [2.05, 4.69) is 27.6 Å². The first-order valence-corrected chi connectivity index (χ1v) is 9.40. The number of Topliss-reactive ketones (excluding diaryl/α,β-unsaturated/α-hetero) is 1. The zero-order chi connectivity index (χ0) is 17.3. The third kappa shape index (κ3) is 3.70. The fourth-order valence-electron chi connectivity index (χ4n) is 2.26. The van der Waals surface area contributed by atoms with E-state index in [1.54, 1.807) is 37.1 Å². The molecule has 124 valence electrons. The molecule has 0 atom stereocenters. The van der Waals surface area contributed by atoms with Gasteiger partial charge in [-0.25, -0.2) is 0 Å². The normalized spacial score (nSPS) is 14.5. The summed E-state index contributed by atoms with van der Waals surface area (Å²) in [6.07, 6.45) is 4.10. The summed E-state index contributed by atoms with van der Waals surface area (Å²) >= 11 is 3.87. The fraction of sp³-hybridized carbons (Fsp3) is 0.294. The van der Waals surface area contributed by atoms with Gasteiger partial charge in [0.2, 0.25) is 5.78 Å². The van der Waals surface area contributed by atoms with Crippen LogP contribution in [-0.4, -0.2) is 32.8 Å². The van der Waals surface area contributed by atoms with E-state index in [9.17, 15) is 10.1 Å². The summed E-state index contributed by atoms with van der Waals surface area (Å²) in [5.41, 5.74) is 2.62. The summed E-state index contributed by atoms with van der Waals surface area (Å²) in [5.74, 6) is -0.265. The number of carbonyl (C=O) groups excluding carboxylic acids is 1. The molecule has 0 amide bonds. The smallest absolute Gasteiger partial charge is 0.222 e. The lowest BCUT2D eigenvalue weighted by atomic mass is 10.1. The monoisotopic (exact) mass is 452 g/mol. The minimum atomic E-state index is -0.265. The van der Waals surface area contributed by atoms with Crippen molar-refractivity contribution >= 4 is 57.2 Å². The predicted molar refractivity (Wildman–Crippen MR) is 107 cm³/mol. The molecule has 3 rings (SSSR count). The third-order valence-electron chi connectivity index (χ3n) is 3.60. The summed E-state index contributed by atoms with van der Waals surface area (Å²) in [5, 5.41) is 11.0. The summed E-state index contributed by atoms with van der Waals surface area (Å²) in [4.78, 5) is 14.3. The molecule has 0 bridgehead atoms. The van der Waals surface area contributed by atoms with Gasteiger partial charge >= 0.3 is 0 Å². The molecule has 1 fully saturated rings. The number of allylic oxidation sites excluding steroid dienone is 1. The summed E-state index contributed by atoms with van der Waals surface area (Å²) in [6.45, 7) is 0. The Balaban J connectivity index is 1.92. The number of halogens is 1. The van der Waals surface area contributed by atoms with Crippen LogP contribution in [-0.2, 0) is 0 Å². The minimum Gasteiger partial charge on any atom is -0.382 e. The van der Waals surface area contributed by atoms with Crippen molar-refractivity contribution in [2.45, 2.75) is 18.1 Å². The molecule has 1 heterocycles. The Hall–Kier alpha value is -1.66. The summed E-state index contributed by atoms with van der Waals surface area (Å²) in [7, 11) is 3.58. The number of anilines is 1. The van der Waals surface area contributed by atoms with Crippen LogP contribution in [0.4, 0.5) is 5.69 Å². The molecule has 1 aliphatic carbocycles. The Bertz CT molecular complexity index is 861. The maximum absolute atomic E-state index is 12.6. The van der Waals surface area contributed by atoms with E-state index in [1.165, 1.54) is 12.8 Å². The highest BCUT2D eigenvalue weighted by atomic mass is 127. The second kappa shape index (κ2) is 7.07. The molecule has 1 aliphatic rings. The van der Waals surface area contributed by atoms with Crippen molar-refractivity contribution in [1.82, 2.24) is 7.68 Å². The lowest BCUT2D eigenvalue weighted by molar-refractivity contribution is 0.103. The highest BCUT2D eigenvalue weighted by Crippen LogP contribution is 2.35. The molecule has 1 saturated carbocycles. The number of nitrogens with one attached hydrogen (secondary N) is 1. The third-order valence-corrected chi connectivity index (χ3v) is 5.80. The van der Waals surface area contributed by atoms with E-state index in [0.29, 0.717) is 5.69 Å². The molecule has 0 spiro atoms. The minimum absolute atomic E-state index is 0.128. The molecule has 1 aromatic heterocycles. The van der Waals surface area contributed by atoms with Crippen molar-refractivity contribution in [2.75, 3.05) is 18.8 Å². The van der Waals surface area contributed by atoms with E-state index in [0.717, 1.165) is 21.8 Å². The molecule has 1 N–H and O–H groups in total. The van der Waals surface area contributed by atoms with Gasteiger partial charge in [0, 0.05) is 36.6 Å². The quantitative estimate of drug-likeness (QED) is 0.234. The number of benzene rings is 1. The number of carbonyl (C=O) groups is 1. The number of ketones is 1. The molecule has 0 unspecified atom stereocenters. The number of rotatable bonds is 6. The van der Waals surface area contributed by atoms with Gasteiger partial charge in [-0.1, -0.05) is 6.07 Å².